The lowest BCUT2D eigenvalue weighted by atomic mass is 10.2. The van der Waals surface area contributed by atoms with Gasteiger partial charge in [0, 0.05) is 0 Å². The summed E-state index contributed by atoms with van der Waals surface area (Å²) in [6.07, 6.45) is 0. The van der Waals surface area contributed by atoms with E-state index in [1.165, 1.54) is 13.2 Å². The van der Waals surface area contributed by atoms with E-state index in [1.807, 2.05) is 37.3 Å². The molecule has 2 aromatic rings. The summed E-state index contributed by atoms with van der Waals surface area (Å²) in [6.45, 7) is 1.96. The molecule has 1 N–H and O–H groups in total. The lowest BCUT2D eigenvalue weighted by Crippen LogP contribution is -2.24. The first kappa shape index (κ1) is 15.5. The molecular formula is C15H17NO4S. The van der Waals surface area contributed by atoms with Gasteiger partial charge in [0.2, 0.25) is 0 Å². The van der Waals surface area contributed by atoms with Gasteiger partial charge in [-0.1, -0.05) is 41.3 Å². The van der Waals surface area contributed by atoms with Crippen molar-refractivity contribution >= 4 is 10.0 Å². The number of ether oxygens (including phenoxy) is 1. The summed E-state index contributed by atoms with van der Waals surface area (Å²) in [7, 11) is -2.37. The van der Waals surface area contributed by atoms with E-state index in [0.29, 0.717) is 0 Å². The Bertz CT molecular complexity index is 699. The lowest BCUT2D eigenvalue weighted by Gasteiger charge is -2.11. The minimum atomic E-state index is -3.79. The highest BCUT2D eigenvalue weighted by molar-refractivity contribution is 7.89. The molecule has 2 aromatic carbocycles. The van der Waals surface area contributed by atoms with Gasteiger partial charge in [-0.2, -0.15) is 0 Å². The Morgan fingerprint density at radius 2 is 1.81 bits per heavy atom. The van der Waals surface area contributed by atoms with Crippen LogP contribution in [0.5, 0.6) is 5.75 Å². The highest BCUT2D eigenvalue weighted by Crippen LogP contribution is 2.24. The van der Waals surface area contributed by atoms with Crippen LogP contribution in [0.25, 0.3) is 0 Å². The quantitative estimate of drug-likeness (QED) is 0.832. The van der Waals surface area contributed by atoms with Crippen molar-refractivity contribution in [2.45, 2.75) is 18.4 Å². The first-order valence-corrected chi connectivity index (χ1v) is 7.83. The predicted molar refractivity (Wildman–Crippen MR) is 79.3 cm³/mol. The normalized spacial score (nSPS) is 11.3. The van der Waals surface area contributed by atoms with Crippen molar-refractivity contribution in [1.29, 1.82) is 0 Å². The first-order chi connectivity index (χ1) is 10.0. The van der Waals surface area contributed by atoms with E-state index in [2.05, 4.69) is 4.89 Å². The fourth-order valence-electron chi connectivity index (χ4n) is 1.80. The smallest absolute Gasteiger partial charge is 0.266 e. The highest BCUT2D eigenvalue weighted by Gasteiger charge is 2.19. The molecule has 5 nitrogen and oxygen atoms in total. The van der Waals surface area contributed by atoms with Crippen LogP contribution in [-0.4, -0.2) is 15.5 Å². The maximum atomic E-state index is 12.2. The van der Waals surface area contributed by atoms with Crippen LogP contribution in [0.4, 0.5) is 0 Å². The second kappa shape index (κ2) is 6.71. The van der Waals surface area contributed by atoms with Gasteiger partial charge in [-0.3, -0.25) is 4.84 Å². The maximum absolute atomic E-state index is 12.2. The Kier molecular flexibility index (Phi) is 4.95. The molecule has 0 bridgehead atoms. The molecule has 0 saturated carbocycles. The molecule has 0 aliphatic heterocycles. The molecule has 0 aromatic heterocycles. The molecule has 0 heterocycles. The van der Waals surface area contributed by atoms with Gasteiger partial charge in [0.05, 0.1) is 13.7 Å². The largest absolute Gasteiger partial charge is 0.495 e. The standard InChI is InChI=1S/C15H17NO4S/c1-12-8-9-14(19-2)15(10-12)21(17,18)16-20-11-13-6-4-3-5-7-13/h3-10,16H,11H2,1-2H3. The average molecular weight is 307 g/mol. The highest BCUT2D eigenvalue weighted by atomic mass is 32.2. The van der Waals surface area contributed by atoms with Crippen molar-refractivity contribution in [2.75, 3.05) is 7.11 Å². The number of methoxy groups -OCH3 is 1. The molecule has 0 atom stereocenters. The number of benzene rings is 2. The Morgan fingerprint density at radius 1 is 1.10 bits per heavy atom. The molecule has 0 unspecified atom stereocenters. The van der Waals surface area contributed by atoms with Crippen LogP contribution in [0.15, 0.2) is 53.4 Å². The van der Waals surface area contributed by atoms with E-state index < -0.39 is 10.0 Å². The molecule has 0 fully saturated rings. The molecule has 0 radical (unpaired) electrons. The van der Waals surface area contributed by atoms with E-state index >= 15 is 0 Å². The van der Waals surface area contributed by atoms with Crippen LogP contribution in [-0.2, 0) is 21.5 Å². The number of aryl methyl sites for hydroxylation is 1. The number of hydrogen-bond acceptors (Lipinski definition) is 4. The van der Waals surface area contributed by atoms with Crippen LogP contribution < -0.4 is 9.62 Å². The molecule has 0 aliphatic carbocycles. The second-order valence-corrected chi connectivity index (χ2v) is 6.13. The first-order valence-electron chi connectivity index (χ1n) is 6.35. The molecule has 0 spiro atoms. The van der Waals surface area contributed by atoms with E-state index in [4.69, 9.17) is 9.57 Å². The van der Waals surface area contributed by atoms with Crippen LogP contribution >= 0.6 is 0 Å². The van der Waals surface area contributed by atoms with E-state index in [9.17, 15) is 8.42 Å². The molecule has 21 heavy (non-hydrogen) atoms. The van der Waals surface area contributed by atoms with Gasteiger partial charge in [-0.05, 0) is 30.2 Å². The fraction of sp³-hybridized carbons (Fsp3) is 0.200. The zero-order chi connectivity index (χ0) is 15.3. The van der Waals surface area contributed by atoms with Crippen LogP contribution in [0, 0.1) is 6.92 Å². The van der Waals surface area contributed by atoms with Gasteiger partial charge in [-0.25, -0.2) is 8.42 Å². The van der Waals surface area contributed by atoms with Crippen LogP contribution in [0.3, 0.4) is 0 Å². The predicted octanol–water partition coefficient (Wildman–Crippen LogP) is 2.41. The van der Waals surface area contributed by atoms with Crippen molar-refractivity contribution in [2.24, 2.45) is 0 Å². The maximum Gasteiger partial charge on any atom is 0.266 e. The van der Waals surface area contributed by atoms with Gasteiger partial charge >= 0.3 is 0 Å². The van der Waals surface area contributed by atoms with Gasteiger partial charge in [0.1, 0.15) is 10.6 Å². The molecule has 0 amide bonds. The van der Waals surface area contributed by atoms with Crippen molar-refractivity contribution in [3.8, 4) is 5.75 Å². The molecular weight excluding hydrogens is 290 g/mol. The second-order valence-electron chi connectivity index (χ2n) is 4.52. The summed E-state index contributed by atoms with van der Waals surface area (Å²) in [6, 6.07) is 14.2. The van der Waals surface area contributed by atoms with Gasteiger partial charge in [0.15, 0.2) is 0 Å². The third kappa shape index (κ3) is 4.04. The van der Waals surface area contributed by atoms with E-state index in [1.54, 1.807) is 12.1 Å². The van der Waals surface area contributed by atoms with Crippen molar-refractivity contribution < 1.29 is 18.0 Å². The summed E-state index contributed by atoms with van der Waals surface area (Å²) in [5, 5.41) is 0. The number of nitrogens with one attached hydrogen (secondary N) is 1. The zero-order valence-corrected chi connectivity index (χ0v) is 12.7. The topological polar surface area (TPSA) is 64.6 Å². The Labute approximate surface area is 124 Å². The summed E-state index contributed by atoms with van der Waals surface area (Å²) in [5.41, 5.74) is 1.69. The van der Waals surface area contributed by atoms with Gasteiger partial charge in [-0.15, -0.1) is 0 Å². The lowest BCUT2D eigenvalue weighted by molar-refractivity contribution is 0.0794. The number of hydrogen-bond donors (Lipinski definition) is 1. The summed E-state index contributed by atoms with van der Waals surface area (Å²) in [4.78, 5) is 7.26. The van der Waals surface area contributed by atoms with E-state index in [0.717, 1.165) is 11.1 Å². The molecule has 0 aliphatic rings. The monoisotopic (exact) mass is 307 g/mol. The van der Waals surface area contributed by atoms with Crippen LogP contribution in [0.1, 0.15) is 11.1 Å². The van der Waals surface area contributed by atoms with Gasteiger partial charge < -0.3 is 4.74 Å². The number of sulfonamides is 1. The van der Waals surface area contributed by atoms with Crippen molar-refractivity contribution in [3.63, 3.8) is 0 Å². The molecule has 112 valence electrons. The molecule has 0 saturated heterocycles. The Morgan fingerprint density at radius 3 is 2.48 bits per heavy atom. The van der Waals surface area contributed by atoms with Crippen molar-refractivity contribution in [1.82, 2.24) is 4.89 Å². The average Bonchev–Trinajstić information content (AvgIpc) is 2.48. The number of rotatable bonds is 6. The third-order valence-electron chi connectivity index (χ3n) is 2.86. The minimum absolute atomic E-state index is 0.0538. The van der Waals surface area contributed by atoms with E-state index in [-0.39, 0.29) is 17.3 Å². The SMILES string of the molecule is COc1ccc(C)cc1S(=O)(=O)NOCc1ccccc1. The van der Waals surface area contributed by atoms with Gasteiger partial charge in [0.25, 0.3) is 10.0 Å². The summed E-state index contributed by atoms with van der Waals surface area (Å²) >= 11 is 0. The third-order valence-corrected chi connectivity index (χ3v) is 4.09. The Hall–Kier alpha value is -1.89. The van der Waals surface area contributed by atoms with Crippen molar-refractivity contribution in [3.05, 3.63) is 59.7 Å². The summed E-state index contributed by atoms with van der Waals surface area (Å²) < 4.78 is 29.6. The minimum Gasteiger partial charge on any atom is -0.495 e. The molecule has 2 rings (SSSR count). The molecule has 6 heteroatoms. The zero-order valence-electron chi connectivity index (χ0n) is 11.9. The fourth-order valence-corrected chi connectivity index (χ4v) is 2.86. The Balaban J connectivity index is 2.10. The van der Waals surface area contributed by atoms with Crippen LogP contribution in [0.2, 0.25) is 0 Å². The summed E-state index contributed by atoms with van der Waals surface area (Å²) in [5.74, 6) is 0.274.